The van der Waals surface area contributed by atoms with E-state index in [4.69, 9.17) is 17.3 Å². The molecular formula is C13H18ClNS. The molecule has 1 nitrogen and oxygen atoms in total. The number of nitrogens with two attached hydrogens (primary N) is 1. The molecule has 1 fully saturated rings. The fourth-order valence-corrected chi connectivity index (χ4v) is 3.86. The molecule has 1 aromatic carbocycles. The van der Waals surface area contributed by atoms with Crippen LogP contribution in [0.5, 0.6) is 0 Å². The number of benzene rings is 1. The summed E-state index contributed by atoms with van der Waals surface area (Å²) in [5, 5.41) is 1.36. The van der Waals surface area contributed by atoms with Crippen LogP contribution in [-0.2, 0) is 0 Å². The molecule has 88 valence electrons. The standard InChI is InChI=1S/C13H18ClNS/c1-9-6-7-11(15)13(8-9)16-12-5-3-2-4-10(12)14/h2-5,9,11,13H,6-8,15H2,1H3. The van der Waals surface area contributed by atoms with Crippen molar-refractivity contribution in [3.8, 4) is 0 Å². The number of hydrogen-bond donors (Lipinski definition) is 1. The van der Waals surface area contributed by atoms with Crippen molar-refractivity contribution in [1.82, 2.24) is 0 Å². The van der Waals surface area contributed by atoms with Crippen LogP contribution in [0.1, 0.15) is 26.2 Å². The molecule has 1 saturated carbocycles. The van der Waals surface area contributed by atoms with E-state index in [1.807, 2.05) is 30.0 Å². The average molecular weight is 256 g/mol. The van der Waals surface area contributed by atoms with E-state index >= 15 is 0 Å². The van der Waals surface area contributed by atoms with E-state index in [-0.39, 0.29) is 0 Å². The zero-order valence-electron chi connectivity index (χ0n) is 9.53. The van der Waals surface area contributed by atoms with Gasteiger partial charge < -0.3 is 5.73 Å². The summed E-state index contributed by atoms with van der Waals surface area (Å²) in [5.41, 5.74) is 6.18. The Hall–Kier alpha value is -0.180. The summed E-state index contributed by atoms with van der Waals surface area (Å²) in [5.74, 6) is 0.791. The van der Waals surface area contributed by atoms with Crippen molar-refractivity contribution in [3.63, 3.8) is 0 Å². The number of halogens is 1. The van der Waals surface area contributed by atoms with Gasteiger partial charge in [0.25, 0.3) is 0 Å². The third kappa shape index (κ3) is 2.93. The van der Waals surface area contributed by atoms with Gasteiger partial charge in [-0.25, -0.2) is 0 Å². The minimum absolute atomic E-state index is 0.317. The Morgan fingerprint density at radius 2 is 2.06 bits per heavy atom. The summed E-state index contributed by atoms with van der Waals surface area (Å²) in [6.45, 7) is 2.31. The highest BCUT2D eigenvalue weighted by Crippen LogP contribution is 2.38. The highest BCUT2D eigenvalue weighted by Gasteiger charge is 2.27. The Bertz CT molecular complexity index is 356. The van der Waals surface area contributed by atoms with Crippen LogP contribution in [0.15, 0.2) is 29.2 Å². The summed E-state index contributed by atoms with van der Waals surface area (Å²) in [7, 11) is 0. The monoisotopic (exact) mass is 255 g/mol. The van der Waals surface area contributed by atoms with E-state index in [0.29, 0.717) is 11.3 Å². The van der Waals surface area contributed by atoms with Crippen LogP contribution in [0.4, 0.5) is 0 Å². The predicted molar refractivity (Wildman–Crippen MR) is 72.1 cm³/mol. The largest absolute Gasteiger partial charge is 0.327 e. The molecule has 0 aliphatic heterocycles. The highest BCUT2D eigenvalue weighted by molar-refractivity contribution is 8.00. The van der Waals surface area contributed by atoms with Gasteiger partial charge in [-0.2, -0.15) is 0 Å². The Morgan fingerprint density at radius 1 is 1.31 bits per heavy atom. The molecule has 1 aliphatic rings. The van der Waals surface area contributed by atoms with Crippen LogP contribution < -0.4 is 5.73 Å². The summed E-state index contributed by atoms with van der Waals surface area (Å²) in [6.07, 6.45) is 3.61. The van der Waals surface area contributed by atoms with Crippen molar-refractivity contribution in [2.75, 3.05) is 0 Å². The molecule has 0 saturated heterocycles. The molecule has 0 spiro atoms. The van der Waals surface area contributed by atoms with Gasteiger partial charge in [-0.3, -0.25) is 0 Å². The molecule has 0 radical (unpaired) electrons. The van der Waals surface area contributed by atoms with Crippen LogP contribution in [-0.4, -0.2) is 11.3 Å². The molecule has 3 unspecified atom stereocenters. The van der Waals surface area contributed by atoms with E-state index in [9.17, 15) is 0 Å². The highest BCUT2D eigenvalue weighted by atomic mass is 35.5. The van der Waals surface area contributed by atoms with Gasteiger partial charge in [-0.1, -0.05) is 30.7 Å². The van der Waals surface area contributed by atoms with Crippen LogP contribution in [0.25, 0.3) is 0 Å². The first kappa shape index (κ1) is 12.3. The minimum Gasteiger partial charge on any atom is -0.327 e. The van der Waals surface area contributed by atoms with Gasteiger partial charge in [0.1, 0.15) is 0 Å². The molecule has 3 atom stereocenters. The van der Waals surface area contributed by atoms with Gasteiger partial charge in [0.15, 0.2) is 0 Å². The summed E-state index contributed by atoms with van der Waals surface area (Å²) < 4.78 is 0. The predicted octanol–water partition coefficient (Wildman–Crippen LogP) is 3.95. The van der Waals surface area contributed by atoms with Crippen molar-refractivity contribution in [2.24, 2.45) is 11.7 Å². The molecule has 0 heterocycles. The lowest BCUT2D eigenvalue weighted by molar-refractivity contribution is 0.357. The molecule has 3 heteroatoms. The molecule has 1 aromatic rings. The molecule has 0 amide bonds. The zero-order chi connectivity index (χ0) is 11.5. The molecule has 1 aliphatic carbocycles. The second-order valence-corrected chi connectivity index (χ2v) is 6.36. The number of thioether (sulfide) groups is 1. The number of hydrogen-bond acceptors (Lipinski definition) is 2. The molecule has 0 bridgehead atoms. The van der Waals surface area contributed by atoms with Gasteiger partial charge in [0.05, 0.1) is 5.02 Å². The minimum atomic E-state index is 0.317. The molecule has 2 N–H and O–H groups in total. The Kier molecular flexibility index (Phi) is 4.17. The van der Waals surface area contributed by atoms with Gasteiger partial charge in [-0.05, 0) is 37.3 Å². The third-order valence-corrected chi connectivity index (χ3v) is 5.12. The maximum atomic E-state index is 6.18. The fourth-order valence-electron chi connectivity index (χ4n) is 2.19. The van der Waals surface area contributed by atoms with E-state index < -0.39 is 0 Å². The lowest BCUT2D eigenvalue weighted by atomic mass is 9.87. The first-order valence-corrected chi connectivity index (χ1v) is 7.09. The van der Waals surface area contributed by atoms with E-state index in [1.165, 1.54) is 17.7 Å². The average Bonchev–Trinajstić information content (AvgIpc) is 2.27. The van der Waals surface area contributed by atoms with Gasteiger partial charge in [0.2, 0.25) is 0 Å². The second-order valence-electron chi connectivity index (χ2n) is 4.67. The Balaban J connectivity index is 2.06. The van der Waals surface area contributed by atoms with E-state index in [2.05, 4.69) is 13.0 Å². The van der Waals surface area contributed by atoms with Crippen molar-refractivity contribution >= 4 is 23.4 Å². The van der Waals surface area contributed by atoms with Crippen LogP contribution in [0.2, 0.25) is 5.02 Å². The second kappa shape index (κ2) is 5.44. The lowest BCUT2D eigenvalue weighted by Crippen LogP contribution is -2.37. The molecular weight excluding hydrogens is 238 g/mol. The van der Waals surface area contributed by atoms with Crippen molar-refractivity contribution in [2.45, 2.75) is 42.4 Å². The summed E-state index contributed by atoms with van der Waals surface area (Å²) >= 11 is 8.01. The van der Waals surface area contributed by atoms with Crippen LogP contribution in [0, 0.1) is 5.92 Å². The third-order valence-electron chi connectivity index (χ3n) is 3.22. The maximum Gasteiger partial charge on any atom is 0.0541 e. The Labute approximate surface area is 107 Å². The summed E-state index contributed by atoms with van der Waals surface area (Å²) in [4.78, 5) is 1.17. The lowest BCUT2D eigenvalue weighted by Gasteiger charge is -2.32. The SMILES string of the molecule is CC1CCC(N)C(Sc2ccccc2Cl)C1. The van der Waals surface area contributed by atoms with E-state index in [1.54, 1.807) is 0 Å². The number of rotatable bonds is 2. The smallest absolute Gasteiger partial charge is 0.0541 e. The molecule has 2 rings (SSSR count). The quantitative estimate of drug-likeness (QED) is 0.866. The van der Waals surface area contributed by atoms with Gasteiger partial charge in [-0.15, -0.1) is 11.8 Å². The fraction of sp³-hybridized carbons (Fsp3) is 0.538. The van der Waals surface area contributed by atoms with E-state index in [0.717, 1.165) is 17.4 Å². The van der Waals surface area contributed by atoms with Crippen molar-refractivity contribution in [3.05, 3.63) is 29.3 Å². The van der Waals surface area contributed by atoms with Gasteiger partial charge in [0, 0.05) is 16.2 Å². The summed E-state index contributed by atoms with van der Waals surface area (Å²) in [6, 6.07) is 8.35. The topological polar surface area (TPSA) is 26.0 Å². The van der Waals surface area contributed by atoms with Crippen LogP contribution >= 0.6 is 23.4 Å². The van der Waals surface area contributed by atoms with Crippen LogP contribution in [0.3, 0.4) is 0 Å². The first-order valence-electron chi connectivity index (χ1n) is 5.83. The maximum absolute atomic E-state index is 6.18. The first-order chi connectivity index (χ1) is 7.66. The normalized spacial score (nSPS) is 30.3. The zero-order valence-corrected chi connectivity index (χ0v) is 11.1. The van der Waals surface area contributed by atoms with Crippen molar-refractivity contribution < 1.29 is 0 Å². The Morgan fingerprint density at radius 3 is 2.81 bits per heavy atom. The molecule has 16 heavy (non-hydrogen) atoms. The molecule has 0 aromatic heterocycles. The van der Waals surface area contributed by atoms with Crippen molar-refractivity contribution in [1.29, 1.82) is 0 Å². The van der Waals surface area contributed by atoms with Gasteiger partial charge >= 0.3 is 0 Å².